The predicted molar refractivity (Wildman–Crippen MR) is 99.0 cm³/mol. The van der Waals surface area contributed by atoms with Crippen molar-refractivity contribution >= 4 is 28.8 Å². The summed E-state index contributed by atoms with van der Waals surface area (Å²) in [5.74, 6) is 0.329. The van der Waals surface area contributed by atoms with Crippen molar-refractivity contribution in [1.29, 1.82) is 0 Å². The summed E-state index contributed by atoms with van der Waals surface area (Å²) in [6.07, 6.45) is 5.95. The standard InChI is InChI=1S/C22H18O4/c23-18(21-14-17-7-2-4-11-20(17)25-21)13-12-15-6-1-3-10-19(15)26-22(24)16-8-5-9-16/h1-4,6-7,10-14,16H,5,8-9H2. The quantitative estimate of drug-likeness (QED) is 0.281. The van der Waals surface area contributed by atoms with E-state index in [4.69, 9.17) is 9.15 Å². The molecule has 0 unspecified atom stereocenters. The molecule has 0 saturated heterocycles. The minimum absolute atomic E-state index is 0.00390. The predicted octanol–water partition coefficient (Wildman–Crippen LogP) is 5.03. The van der Waals surface area contributed by atoms with Crippen LogP contribution >= 0.6 is 0 Å². The summed E-state index contributed by atoms with van der Waals surface area (Å²) >= 11 is 0. The number of fused-ring (bicyclic) bond motifs is 1. The zero-order valence-corrected chi connectivity index (χ0v) is 14.2. The fraction of sp³-hybridized carbons (Fsp3) is 0.182. The fourth-order valence-electron chi connectivity index (χ4n) is 2.90. The Balaban J connectivity index is 1.52. The first-order valence-corrected chi connectivity index (χ1v) is 8.72. The lowest BCUT2D eigenvalue weighted by Gasteiger charge is -2.23. The van der Waals surface area contributed by atoms with Crippen LogP contribution in [-0.2, 0) is 4.79 Å². The molecule has 4 rings (SSSR count). The number of hydrogen-bond acceptors (Lipinski definition) is 4. The number of benzene rings is 2. The van der Waals surface area contributed by atoms with Crippen molar-refractivity contribution in [3.8, 4) is 5.75 Å². The smallest absolute Gasteiger partial charge is 0.314 e. The third kappa shape index (κ3) is 3.31. The van der Waals surface area contributed by atoms with Crippen LogP contribution in [0.2, 0.25) is 0 Å². The molecule has 0 aliphatic heterocycles. The van der Waals surface area contributed by atoms with Crippen molar-refractivity contribution in [2.45, 2.75) is 19.3 Å². The zero-order valence-electron chi connectivity index (χ0n) is 14.2. The van der Waals surface area contributed by atoms with Crippen LogP contribution in [0.3, 0.4) is 0 Å². The Morgan fingerprint density at radius 2 is 1.81 bits per heavy atom. The Bertz CT molecular complexity index is 959. The molecule has 1 saturated carbocycles. The number of allylic oxidation sites excluding steroid dienone is 1. The molecule has 130 valence electrons. The van der Waals surface area contributed by atoms with Gasteiger partial charge in [0, 0.05) is 10.9 Å². The summed E-state index contributed by atoms with van der Waals surface area (Å²) in [5.41, 5.74) is 1.36. The number of furan rings is 1. The number of para-hydroxylation sites is 2. The van der Waals surface area contributed by atoms with Crippen molar-refractivity contribution in [2.24, 2.45) is 5.92 Å². The summed E-state index contributed by atoms with van der Waals surface area (Å²) in [6.45, 7) is 0. The average Bonchev–Trinajstić information content (AvgIpc) is 3.03. The van der Waals surface area contributed by atoms with Crippen molar-refractivity contribution in [3.63, 3.8) is 0 Å². The molecule has 1 aliphatic rings. The third-order valence-corrected chi connectivity index (χ3v) is 4.65. The number of rotatable bonds is 5. The van der Waals surface area contributed by atoms with E-state index in [1.807, 2.05) is 42.5 Å². The molecule has 0 N–H and O–H groups in total. The summed E-state index contributed by atoms with van der Waals surface area (Å²) in [6, 6.07) is 16.4. The van der Waals surface area contributed by atoms with Gasteiger partial charge in [0.25, 0.3) is 0 Å². The number of hydrogen-bond donors (Lipinski definition) is 0. The Labute approximate surface area is 151 Å². The summed E-state index contributed by atoms with van der Waals surface area (Å²) in [5, 5.41) is 0.888. The van der Waals surface area contributed by atoms with Crippen LogP contribution in [0.1, 0.15) is 35.4 Å². The lowest BCUT2D eigenvalue weighted by molar-refractivity contribution is -0.141. The van der Waals surface area contributed by atoms with Gasteiger partial charge in [0.15, 0.2) is 5.76 Å². The van der Waals surface area contributed by atoms with Crippen molar-refractivity contribution in [3.05, 3.63) is 72.0 Å². The Kier molecular flexibility index (Phi) is 4.40. The molecule has 2 aromatic carbocycles. The van der Waals surface area contributed by atoms with Gasteiger partial charge in [-0.05, 0) is 43.2 Å². The second-order valence-electron chi connectivity index (χ2n) is 6.43. The summed E-state index contributed by atoms with van der Waals surface area (Å²) in [4.78, 5) is 24.5. The van der Waals surface area contributed by atoms with Gasteiger partial charge in [0.05, 0.1) is 5.92 Å². The highest BCUT2D eigenvalue weighted by Gasteiger charge is 2.27. The highest BCUT2D eigenvalue weighted by atomic mass is 16.5. The summed E-state index contributed by atoms with van der Waals surface area (Å²) in [7, 11) is 0. The molecule has 0 spiro atoms. The number of ether oxygens (including phenoxy) is 1. The maximum absolute atomic E-state index is 12.4. The largest absolute Gasteiger partial charge is 0.453 e. The minimum atomic E-state index is -0.235. The first kappa shape index (κ1) is 16.3. The molecule has 1 aromatic heterocycles. The van der Waals surface area contributed by atoms with Crippen LogP contribution in [0.4, 0.5) is 0 Å². The van der Waals surface area contributed by atoms with E-state index in [0.717, 1.165) is 24.6 Å². The van der Waals surface area contributed by atoms with Gasteiger partial charge in [-0.15, -0.1) is 0 Å². The molecule has 1 aliphatic carbocycles. The van der Waals surface area contributed by atoms with Gasteiger partial charge in [0.1, 0.15) is 11.3 Å². The summed E-state index contributed by atoms with van der Waals surface area (Å²) < 4.78 is 11.1. The van der Waals surface area contributed by atoms with E-state index in [2.05, 4.69) is 0 Å². The molecular formula is C22H18O4. The van der Waals surface area contributed by atoms with Crippen LogP contribution in [0.5, 0.6) is 5.75 Å². The number of carbonyl (C=O) groups is 2. The van der Waals surface area contributed by atoms with Crippen LogP contribution in [-0.4, -0.2) is 11.8 Å². The van der Waals surface area contributed by atoms with Crippen molar-refractivity contribution in [1.82, 2.24) is 0 Å². The molecule has 1 fully saturated rings. The maximum Gasteiger partial charge on any atom is 0.314 e. The van der Waals surface area contributed by atoms with Gasteiger partial charge in [-0.2, -0.15) is 0 Å². The third-order valence-electron chi connectivity index (χ3n) is 4.65. The zero-order chi connectivity index (χ0) is 17.9. The van der Waals surface area contributed by atoms with E-state index >= 15 is 0 Å². The Morgan fingerprint density at radius 3 is 2.58 bits per heavy atom. The molecule has 4 nitrogen and oxygen atoms in total. The molecule has 4 heteroatoms. The van der Waals surface area contributed by atoms with Crippen LogP contribution in [0.25, 0.3) is 17.0 Å². The Hall–Kier alpha value is -3.14. The first-order chi connectivity index (χ1) is 12.7. The number of ketones is 1. The van der Waals surface area contributed by atoms with Gasteiger partial charge in [0.2, 0.25) is 5.78 Å². The molecular weight excluding hydrogens is 328 g/mol. The van der Waals surface area contributed by atoms with Gasteiger partial charge in [-0.1, -0.05) is 42.8 Å². The molecule has 0 amide bonds. The number of carbonyl (C=O) groups excluding carboxylic acids is 2. The van der Waals surface area contributed by atoms with Crippen LogP contribution in [0.15, 0.2) is 65.1 Å². The van der Waals surface area contributed by atoms with Gasteiger partial charge >= 0.3 is 5.97 Å². The van der Waals surface area contributed by atoms with E-state index in [-0.39, 0.29) is 23.4 Å². The van der Waals surface area contributed by atoms with Gasteiger partial charge < -0.3 is 9.15 Å². The lowest BCUT2D eigenvalue weighted by Crippen LogP contribution is -2.26. The second-order valence-corrected chi connectivity index (χ2v) is 6.43. The molecule has 0 atom stereocenters. The van der Waals surface area contributed by atoms with E-state index in [0.29, 0.717) is 16.9 Å². The number of esters is 1. The highest BCUT2D eigenvalue weighted by molar-refractivity contribution is 6.07. The topological polar surface area (TPSA) is 56.5 Å². The molecule has 1 heterocycles. The maximum atomic E-state index is 12.4. The van der Waals surface area contributed by atoms with E-state index in [1.54, 1.807) is 18.2 Å². The normalized spacial score (nSPS) is 14.5. The first-order valence-electron chi connectivity index (χ1n) is 8.72. The monoisotopic (exact) mass is 346 g/mol. The highest BCUT2D eigenvalue weighted by Crippen LogP contribution is 2.29. The second kappa shape index (κ2) is 7.00. The molecule has 26 heavy (non-hydrogen) atoms. The van der Waals surface area contributed by atoms with Crippen molar-refractivity contribution < 1.29 is 18.7 Å². The van der Waals surface area contributed by atoms with E-state index in [1.165, 1.54) is 6.08 Å². The average molecular weight is 346 g/mol. The Morgan fingerprint density at radius 1 is 1.04 bits per heavy atom. The molecule has 0 bridgehead atoms. The fourth-order valence-corrected chi connectivity index (χ4v) is 2.90. The van der Waals surface area contributed by atoms with Gasteiger partial charge in [-0.25, -0.2) is 0 Å². The van der Waals surface area contributed by atoms with E-state index in [9.17, 15) is 9.59 Å². The van der Waals surface area contributed by atoms with Crippen LogP contribution in [0, 0.1) is 5.92 Å². The van der Waals surface area contributed by atoms with Gasteiger partial charge in [-0.3, -0.25) is 9.59 Å². The minimum Gasteiger partial charge on any atom is -0.453 e. The molecule has 0 radical (unpaired) electrons. The lowest BCUT2D eigenvalue weighted by atomic mass is 9.86. The SMILES string of the molecule is O=C(C=Cc1ccccc1OC(=O)C1CCC1)c1cc2ccccc2o1. The molecule has 3 aromatic rings. The van der Waals surface area contributed by atoms with Crippen LogP contribution < -0.4 is 4.74 Å². The van der Waals surface area contributed by atoms with E-state index < -0.39 is 0 Å². The van der Waals surface area contributed by atoms with Crippen molar-refractivity contribution in [2.75, 3.05) is 0 Å².